The maximum Gasteiger partial charge on any atom is 0.176 e. The Morgan fingerprint density at radius 2 is 1.59 bits per heavy atom. The molecule has 152 valence electrons. The first-order chi connectivity index (χ1) is 13.4. The Labute approximate surface area is 182 Å². The first-order valence-electron chi connectivity index (χ1n) is 9.69. The van der Waals surface area contributed by atoms with Crippen molar-refractivity contribution in [3.8, 4) is 11.1 Å². The molecule has 1 heterocycles. The van der Waals surface area contributed by atoms with E-state index in [1.165, 1.54) is 0 Å². The fourth-order valence-electron chi connectivity index (χ4n) is 4.09. The van der Waals surface area contributed by atoms with Gasteiger partial charge < -0.3 is 0 Å². The van der Waals surface area contributed by atoms with Gasteiger partial charge in [0.25, 0.3) is 0 Å². The Bertz CT molecular complexity index is 1060. The van der Waals surface area contributed by atoms with E-state index in [1.807, 2.05) is 45.0 Å². The molecule has 29 heavy (non-hydrogen) atoms. The summed E-state index contributed by atoms with van der Waals surface area (Å²) in [6, 6.07) is 9.48. The molecule has 0 radical (unpaired) electrons. The molecule has 1 aliphatic carbocycles. The van der Waals surface area contributed by atoms with E-state index in [2.05, 4.69) is 11.9 Å². The van der Waals surface area contributed by atoms with Crippen LogP contribution in [-0.2, 0) is 16.0 Å². The lowest BCUT2D eigenvalue weighted by atomic mass is 9.60. The van der Waals surface area contributed by atoms with Gasteiger partial charge in [0.1, 0.15) is 10.3 Å². The van der Waals surface area contributed by atoms with Gasteiger partial charge in [-0.25, -0.2) is 4.98 Å². The molecular formula is C24H25Cl2NO2. The number of hydrogen-bond donors (Lipinski definition) is 0. The number of Topliss-reactive ketones (excluding diaryl/α,β-unsaturated/α-hetero) is 2. The van der Waals surface area contributed by atoms with Crippen molar-refractivity contribution < 1.29 is 9.59 Å². The fourth-order valence-corrected chi connectivity index (χ4v) is 4.54. The van der Waals surface area contributed by atoms with Crippen LogP contribution in [0.1, 0.15) is 52.7 Å². The van der Waals surface area contributed by atoms with Crippen LogP contribution >= 0.6 is 23.2 Å². The molecule has 3 nitrogen and oxygen atoms in total. The Balaban J connectivity index is 2.31. The van der Waals surface area contributed by atoms with Crippen molar-refractivity contribution in [1.29, 1.82) is 0 Å². The molecular weight excluding hydrogens is 405 g/mol. The minimum atomic E-state index is -1.07. The molecule has 3 rings (SSSR count). The standard InChI is InChI=1S/C24H25Cl2NO2/c1-7-14-8-9-15(16-10-11-18(25)27-21(16)26)12-17(14)19-13(2)23(3,4)22(29)24(5,6)20(19)28/h8-12H,7H2,1-6H3. The number of rotatable bonds is 3. The molecule has 0 N–H and O–H groups in total. The zero-order chi connectivity index (χ0) is 21.7. The second-order valence-corrected chi connectivity index (χ2v) is 9.35. The highest BCUT2D eigenvalue weighted by Crippen LogP contribution is 2.48. The average Bonchev–Trinajstić information content (AvgIpc) is 2.66. The summed E-state index contributed by atoms with van der Waals surface area (Å²) in [5, 5.41) is 0.636. The molecule has 0 bridgehead atoms. The Morgan fingerprint density at radius 1 is 0.931 bits per heavy atom. The third-order valence-electron chi connectivity index (χ3n) is 6.13. The fraction of sp³-hybridized carbons (Fsp3) is 0.375. The zero-order valence-electron chi connectivity index (χ0n) is 17.6. The van der Waals surface area contributed by atoms with Gasteiger partial charge in [-0.15, -0.1) is 0 Å². The number of halogens is 2. The van der Waals surface area contributed by atoms with Gasteiger partial charge in [0.2, 0.25) is 0 Å². The van der Waals surface area contributed by atoms with Crippen LogP contribution in [0.25, 0.3) is 16.7 Å². The van der Waals surface area contributed by atoms with E-state index < -0.39 is 10.8 Å². The molecule has 1 aromatic carbocycles. The third kappa shape index (κ3) is 3.45. The minimum Gasteiger partial charge on any atom is -0.298 e. The second kappa shape index (κ2) is 7.37. The van der Waals surface area contributed by atoms with Gasteiger partial charge in [-0.3, -0.25) is 9.59 Å². The molecule has 0 amide bonds. The summed E-state index contributed by atoms with van der Waals surface area (Å²) < 4.78 is 0. The number of benzene rings is 1. The molecule has 2 aromatic rings. The van der Waals surface area contributed by atoms with Crippen LogP contribution in [0.5, 0.6) is 0 Å². The van der Waals surface area contributed by atoms with E-state index in [0.29, 0.717) is 15.9 Å². The topological polar surface area (TPSA) is 47.0 Å². The predicted octanol–water partition coefficient (Wildman–Crippen LogP) is 6.60. The maximum absolute atomic E-state index is 13.4. The van der Waals surface area contributed by atoms with E-state index in [0.717, 1.165) is 34.2 Å². The van der Waals surface area contributed by atoms with Gasteiger partial charge >= 0.3 is 0 Å². The van der Waals surface area contributed by atoms with Crippen molar-refractivity contribution >= 4 is 40.3 Å². The number of hydrogen-bond acceptors (Lipinski definition) is 3. The van der Waals surface area contributed by atoms with E-state index in [4.69, 9.17) is 23.2 Å². The number of carbonyl (C=O) groups excluding carboxylic acids is 2. The van der Waals surface area contributed by atoms with Crippen LogP contribution in [-0.4, -0.2) is 16.6 Å². The normalized spacial score (nSPS) is 18.3. The third-order valence-corrected chi connectivity index (χ3v) is 6.63. The summed E-state index contributed by atoms with van der Waals surface area (Å²) in [6.07, 6.45) is 0.765. The minimum absolute atomic E-state index is 0.0459. The number of aryl methyl sites for hydroxylation is 1. The lowest BCUT2D eigenvalue weighted by Gasteiger charge is -2.40. The molecule has 0 atom stereocenters. The summed E-state index contributed by atoms with van der Waals surface area (Å²) in [7, 11) is 0. The summed E-state index contributed by atoms with van der Waals surface area (Å²) in [6.45, 7) is 11.2. The van der Waals surface area contributed by atoms with Crippen LogP contribution in [0.2, 0.25) is 10.3 Å². The highest BCUT2D eigenvalue weighted by Gasteiger charge is 2.51. The second-order valence-electron chi connectivity index (χ2n) is 8.61. The van der Waals surface area contributed by atoms with Gasteiger partial charge in [-0.1, -0.05) is 42.3 Å². The highest BCUT2D eigenvalue weighted by atomic mass is 35.5. The molecule has 0 saturated heterocycles. The molecule has 0 spiro atoms. The molecule has 0 saturated carbocycles. The van der Waals surface area contributed by atoms with Gasteiger partial charge in [-0.05, 0) is 81.5 Å². The number of pyridine rings is 1. The van der Waals surface area contributed by atoms with Crippen LogP contribution in [0.4, 0.5) is 0 Å². The Kier molecular flexibility index (Phi) is 5.53. The highest BCUT2D eigenvalue weighted by molar-refractivity contribution is 6.35. The number of ketones is 2. The maximum atomic E-state index is 13.4. The van der Waals surface area contributed by atoms with Crippen LogP contribution < -0.4 is 0 Å². The number of nitrogens with zero attached hydrogens (tertiary/aromatic N) is 1. The van der Waals surface area contributed by atoms with E-state index in [9.17, 15) is 9.59 Å². The zero-order valence-corrected chi connectivity index (χ0v) is 19.1. The Morgan fingerprint density at radius 3 is 2.17 bits per heavy atom. The average molecular weight is 430 g/mol. The van der Waals surface area contributed by atoms with Gasteiger partial charge in [0, 0.05) is 16.6 Å². The summed E-state index contributed by atoms with van der Waals surface area (Å²) >= 11 is 12.3. The SMILES string of the molecule is CCc1ccc(-c2ccc(Cl)nc2Cl)cc1C1=C(C)C(C)(C)C(=O)C(C)(C)C1=O. The first kappa shape index (κ1) is 21.7. The Hall–Kier alpha value is -1.97. The summed E-state index contributed by atoms with van der Waals surface area (Å²) in [5.74, 6) is -0.179. The molecule has 0 aliphatic heterocycles. The molecule has 1 aliphatic rings. The molecule has 1 aromatic heterocycles. The summed E-state index contributed by atoms with van der Waals surface area (Å²) in [5.41, 5.74) is 3.16. The van der Waals surface area contributed by atoms with E-state index in [-0.39, 0.29) is 11.6 Å². The van der Waals surface area contributed by atoms with Crippen molar-refractivity contribution in [2.75, 3.05) is 0 Å². The molecule has 0 fully saturated rings. The predicted molar refractivity (Wildman–Crippen MR) is 119 cm³/mol. The van der Waals surface area contributed by atoms with Crippen LogP contribution in [0, 0.1) is 10.8 Å². The van der Waals surface area contributed by atoms with Crippen molar-refractivity contribution in [2.24, 2.45) is 10.8 Å². The van der Waals surface area contributed by atoms with Gasteiger partial charge in [-0.2, -0.15) is 0 Å². The van der Waals surface area contributed by atoms with Crippen molar-refractivity contribution in [2.45, 2.75) is 48.0 Å². The number of carbonyl (C=O) groups is 2. The quantitative estimate of drug-likeness (QED) is 0.407. The van der Waals surface area contributed by atoms with Crippen LogP contribution in [0.15, 0.2) is 35.9 Å². The monoisotopic (exact) mass is 429 g/mol. The van der Waals surface area contributed by atoms with Crippen molar-refractivity contribution in [3.05, 3.63) is 57.3 Å². The number of aromatic nitrogens is 1. The van der Waals surface area contributed by atoms with Gasteiger partial charge in [0.05, 0.1) is 5.41 Å². The van der Waals surface area contributed by atoms with Gasteiger partial charge in [0.15, 0.2) is 11.6 Å². The summed E-state index contributed by atoms with van der Waals surface area (Å²) in [4.78, 5) is 30.6. The lowest BCUT2D eigenvalue weighted by molar-refractivity contribution is -0.141. The first-order valence-corrected chi connectivity index (χ1v) is 10.4. The molecule has 5 heteroatoms. The van der Waals surface area contributed by atoms with Crippen molar-refractivity contribution in [1.82, 2.24) is 4.98 Å². The molecule has 0 unspecified atom stereocenters. The smallest absolute Gasteiger partial charge is 0.176 e. The van der Waals surface area contributed by atoms with E-state index >= 15 is 0 Å². The van der Waals surface area contributed by atoms with Crippen LogP contribution in [0.3, 0.4) is 0 Å². The lowest BCUT2D eigenvalue weighted by Crippen LogP contribution is -2.47. The number of allylic oxidation sites excluding steroid dienone is 2. The largest absolute Gasteiger partial charge is 0.298 e. The van der Waals surface area contributed by atoms with E-state index in [1.54, 1.807) is 19.9 Å². The van der Waals surface area contributed by atoms with Crippen molar-refractivity contribution in [3.63, 3.8) is 0 Å².